The summed E-state index contributed by atoms with van der Waals surface area (Å²) >= 11 is 6.45. The molecule has 1 aliphatic rings. The number of hydrogen-bond donors (Lipinski definition) is 1. The van der Waals surface area contributed by atoms with E-state index in [0.717, 1.165) is 24.6 Å². The molecule has 3 rings (SSSR count). The third kappa shape index (κ3) is 5.23. The Kier molecular flexibility index (Phi) is 8.30. The van der Waals surface area contributed by atoms with E-state index in [1.54, 1.807) is 30.3 Å². The van der Waals surface area contributed by atoms with Crippen molar-refractivity contribution in [1.29, 1.82) is 0 Å². The molecule has 1 amide bonds. The van der Waals surface area contributed by atoms with Gasteiger partial charge in [-0.2, -0.15) is 0 Å². The zero-order chi connectivity index (χ0) is 24.8. The minimum atomic E-state index is -1.22. The van der Waals surface area contributed by atoms with Crippen molar-refractivity contribution in [3.63, 3.8) is 0 Å². The molecule has 1 fully saturated rings. The number of nitrogens with zero attached hydrogens (tertiary/aromatic N) is 1. The number of aromatic carboxylic acids is 1. The summed E-state index contributed by atoms with van der Waals surface area (Å²) in [5.41, 5.74) is 1.01. The number of rotatable bonds is 9. The normalized spacial score (nSPS) is 14.4. The summed E-state index contributed by atoms with van der Waals surface area (Å²) in [7, 11) is 2.75. The van der Waals surface area contributed by atoms with Crippen LogP contribution in [-0.2, 0) is 9.53 Å². The van der Waals surface area contributed by atoms with Gasteiger partial charge in [-0.1, -0.05) is 43.4 Å². The average Bonchev–Trinajstić information content (AvgIpc) is 3.11. The van der Waals surface area contributed by atoms with Crippen LogP contribution >= 0.6 is 24.0 Å². The van der Waals surface area contributed by atoms with Crippen LogP contribution < -0.4 is 14.4 Å². The molecule has 0 bridgehead atoms. The molecule has 0 saturated carbocycles. The first kappa shape index (κ1) is 25.3. The first-order chi connectivity index (χ1) is 16.3. The van der Waals surface area contributed by atoms with Crippen LogP contribution in [0.4, 0.5) is 5.69 Å². The quantitative estimate of drug-likeness (QED) is 0.225. The van der Waals surface area contributed by atoms with Gasteiger partial charge in [0.15, 0.2) is 15.8 Å². The molecular weight excluding hydrogens is 478 g/mol. The number of carboxylic acids is 1. The van der Waals surface area contributed by atoms with Crippen molar-refractivity contribution in [2.24, 2.45) is 0 Å². The van der Waals surface area contributed by atoms with Crippen LogP contribution in [0.3, 0.4) is 0 Å². The van der Waals surface area contributed by atoms with Crippen LogP contribution in [0.1, 0.15) is 46.0 Å². The third-order valence-electron chi connectivity index (χ3n) is 4.96. The number of carboxylic acid groups (broad SMARTS) is 1. The Labute approximate surface area is 206 Å². The summed E-state index contributed by atoms with van der Waals surface area (Å²) in [6, 6.07) is 9.48. The van der Waals surface area contributed by atoms with Crippen molar-refractivity contribution < 1.29 is 33.7 Å². The molecule has 0 unspecified atom stereocenters. The fourth-order valence-corrected chi connectivity index (χ4v) is 4.54. The zero-order valence-electron chi connectivity index (χ0n) is 18.8. The number of benzene rings is 2. The van der Waals surface area contributed by atoms with Gasteiger partial charge in [-0.05, 0) is 48.4 Å². The lowest BCUT2D eigenvalue weighted by molar-refractivity contribution is -0.113. The number of hydrogen-bond acceptors (Lipinski definition) is 8. The summed E-state index contributed by atoms with van der Waals surface area (Å²) in [5, 5.41) is 9.73. The van der Waals surface area contributed by atoms with Crippen molar-refractivity contribution in [2.45, 2.75) is 19.8 Å². The third-order valence-corrected chi connectivity index (χ3v) is 6.27. The fourth-order valence-electron chi connectivity index (χ4n) is 3.25. The predicted molar refractivity (Wildman–Crippen MR) is 134 cm³/mol. The lowest BCUT2D eigenvalue weighted by atomic mass is 10.0. The molecule has 1 N–H and O–H groups in total. The van der Waals surface area contributed by atoms with E-state index in [1.807, 2.05) is 6.92 Å². The number of ether oxygens (including phenoxy) is 3. The van der Waals surface area contributed by atoms with Crippen LogP contribution in [0.15, 0.2) is 41.3 Å². The van der Waals surface area contributed by atoms with Gasteiger partial charge in [0.05, 0.1) is 37.0 Å². The van der Waals surface area contributed by atoms with E-state index >= 15 is 0 Å². The highest BCUT2D eigenvalue weighted by molar-refractivity contribution is 8.27. The molecule has 34 heavy (non-hydrogen) atoms. The molecule has 8 nitrogen and oxygen atoms in total. The van der Waals surface area contributed by atoms with Gasteiger partial charge in [-0.15, -0.1) is 0 Å². The molecule has 178 valence electrons. The first-order valence-corrected chi connectivity index (χ1v) is 11.6. The maximum absolute atomic E-state index is 13.1. The number of methoxy groups -OCH3 is 2. The van der Waals surface area contributed by atoms with Crippen LogP contribution in [0, 0.1) is 0 Å². The van der Waals surface area contributed by atoms with Gasteiger partial charge in [0.25, 0.3) is 5.91 Å². The maximum atomic E-state index is 13.1. The molecule has 0 atom stereocenters. The Bertz CT molecular complexity index is 1160. The summed E-state index contributed by atoms with van der Waals surface area (Å²) < 4.78 is 15.9. The maximum Gasteiger partial charge on any atom is 0.340 e. The highest BCUT2D eigenvalue weighted by Gasteiger charge is 2.34. The summed E-state index contributed by atoms with van der Waals surface area (Å²) in [4.78, 5) is 38.7. The molecule has 0 aromatic heterocycles. The SMILES string of the molecule is CCCCOC(=O)c1ccc(N2C(=O)/C(=C/c3ccc(OC)c(OC)c3C(=O)O)SC2=S)cc1. The second-order valence-electron chi connectivity index (χ2n) is 7.12. The van der Waals surface area contributed by atoms with E-state index in [1.165, 1.54) is 31.3 Å². The predicted octanol–water partition coefficient (Wildman–Crippen LogP) is 4.76. The summed E-state index contributed by atoms with van der Waals surface area (Å²) in [6.45, 7) is 2.36. The molecule has 0 spiro atoms. The second-order valence-corrected chi connectivity index (χ2v) is 8.80. The van der Waals surface area contributed by atoms with E-state index < -0.39 is 17.8 Å². The Morgan fingerprint density at radius 1 is 1.12 bits per heavy atom. The zero-order valence-corrected chi connectivity index (χ0v) is 20.5. The minimum absolute atomic E-state index is 0.0561. The fraction of sp³-hybridized carbons (Fsp3) is 0.250. The molecule has 1 saturated heterocycles. The van der Waals surface area contributed by atoms with Gasteiger partial charge in [0.2, 0.25) is 0 Å². The number of thiocarbonyl (C=S) groups is 1. The van der Waals surface area contributed by atoms with E-state index in [0.29, 0.717) is 17.9 Å². The van der Waals surface area contributed by atoms with Gasteiger partial charge in [-0.3, -0.25) is 9.69 Å². The van der Waals surface area contributed by atoms with Crippen LogP contribution in [0.2, 0.25) is 0 Å². The van der Waals surface area contributed by atoms with Gasteiger partial charge in [0.1, 0.15) is 5.56 Å². The van der Waals surface area contributed by atoms with Crippen LogP contribution in [0.5, 0.6) is 11.5 Å². The van der Waals surface area contributed by atoms with Crippen molar-refractivity contribution in [1.82, 2.24) is 0 Å². The molecular formula is C24H23NO7S2. The molecule has 2 aromatic carbocycles. The van der Waals surface area contributed by atoms with Crippen LogP contribution in [0.25, 0.3) is 6.08 Å². The van der Waals surface area contributed by atoms with Crippen molar-refractivity contribution in [2.75, 3.05) is 25.7 Å². The standard InChI is InChI=1S/C24H23NO7S2/c1-4-5-12-32-23(29)14-6-9-16(10-7-14)25-21(26)18(34-24(25)33)13-15-8-11-17(30-2)20(31-3)19(15)22(27)28/h6-11,13H,4-5,12H2,1-3H3,(H,27,28)/b18-13-. The van der Waals surface area contributed by atoms with E-state index in [-0.39, 0.29) is 31.9 Å². The van der Waals surface area contributed by atoms with Gasteiger partial charge >= 0.3 is 11.9 Å². The van der Waals surface area contributed by atoms with E-state index in [2.05, 4.69) is 0 Å². The summed E-state index contributed by atoms with van der Waals surface area (Å²) in [5.74, 6) is -1.74. The number of thioether (sulfide) groups is 1. The lowest BCUT2D eigenvalue weighted by Gasteiger charge is -2.15. The smallest absolute Gasteiger partial charge is 0.340 e. The molecule has 0 radical (unpaired) electrons. The number of esters is 1. The average molecular weight is 502 g/mol. The Morgan fingerprint density at radius 2 is 1.82 bits per heavy atom. The second kappa shape index (κ2) is 11.2. The number of unbranched alkanes of at least 4 members (excludes halogenated alkanes) is 1. The van der Waals surface area contributed by atoms with Crippen molar-refractivity contribution in [3.05, 3.63) is 58.0 Å². The molecule has 1 aliphatic heterocycles. The number of anilines is 1. The topological polar surface area (TPSA) is 102 Å². The van der Waals surface area contributed by atoms with E-state index in [4.69, 9.17) is 26.4 Å². The molecule has 2 aromatic rings. The Hall–Kier alpha value is -3.37. The van der Waals surface area contributed by atoms with Gasteiger partial charge in [-0.25, -0.2) is 9.59 Å². The monoisotopic (exact) mass is 501 g/mol. The lowest BCUT2D eigenvalue weighted by Crippen LogP contribution is -2.27. The number of carbonyl (C=O) groups excluding carboxylic acids is 2. The molecule has 10 heteroatoms. The van der Waals surface area contributed by atoms with Gasteiger partial charge < -0.3 is 19.3 Å². The number of carbonyl (C=O) groups is 3. The first-order valence-electron chi connectivity index (χ1n) is 10.4. The Morgan fingerprint density at radius 3 is 2.41 bits per heavy atom. The minimum Gasteiger partial charge on any atom is -0.493 e. The van der Waals surface area contributed by atoms with Crippen molar-refractivity contribution >= 4 is 57.9 Å². The van der Waals surface area contributed by atoms with Crippen molar-refractivity contribution in [3.8, 4) is 11.5 Å². The molecule has 1 heterocycles. The summed E-state index contributed by atoms with van der Waals surface area (Å²) in [6.07, 6.45) is 3.17. The number of amides is 1. The Balaban J connectivity index is 1.88. The molecule has 0 aliphatic carbocycles. The highest BCUT2D eigenvalue weighted by atomic mass is 32.2. The highest BCUT2D eigenvalue weighted by Crippen LogP contribution is 2.39. The van der Waals surface area contributed by atoms with Crippen LogP contribution in [-0.4, -0.2) is 48.1 Å². The van der Waals surface area contributed by atoms with Gasteiger partial charge in [0, 0.05) is 0 Å². The largest absolute Gasteiger partial charge is 0.493 e. The van der Waals surface area contributed by atoms with E-state index in [9.17, 15) is 19.5 Å².